The molecule has 0 saturated heterocycles. The van der Waals surface area contributed by atoms with Crippen LogP contribution in [-0.4, -0.2) is 16.9 Å². The van der Waals surface area contributed by atoms with Gasteiger partial charge in [-0.1, -0.05) is 19.1 Å². The van der Waals surface area contributed by atoms with E-state index in [9.17, 15) is 4.79 Å². The van der Waals surface area contributed by atoms with Crippen molar-refractivity contribution in [3.8, 4) is 11.3 Å². The van der Waals surface area contributed by atoms with Gasteiger partial charge in [0.25, 0.3) is 0 Å². The van der Waals surface area contributed by atoms with Gasteiger partial charge in [-0.15, -0.1) is 11.3 Å². The molecule has 0 aliphatic heterocycles. The van der Waals surface area contributed by atoms with Crippen LogP contribution in [0.5, 0.6) is 0 Å². The third kappa shape index (κ3) is 3.81. The first kappa shape index (κ1) is 14.5. The average molecular weight is 289 g/mol. The highest BCUT2D eigenvalue weighted by molar-refractivity contribution is 7.14. The molecule has 1 aromatic heterocycles. The molecule has 1 heterocycles. The molecule has 2 aromatic rings. The number of rotatable bonds is 5. The summed E-state index contributed by atoms with van der Waals surface area (Å²) in [5.41, 5.74) is 2.80. The van der Waals surface area contributed by atoms with Crippen molar-refractivity contribution in [3.05, 3.63) is 29.6 Å². The van der Waals surface area contributed by atoms with Crippen LogP contribution in [0.1, 0.15) is 27.2 Å². The topological polar surface area (TPSA) is 54.0 Å². The van der Waals surface area contributed by atoms with Gasteiger partial charge in [0.05, 0.1) is 5.69 Å². The molecule has 0 saturated carbocycles. The monoisotopic (exact) mass is 289 g/mol. The summed E-state index contributed by atoms with van der Waals surface area (Å²) < 4.78 is 0. The molecule has 0 spiro atoms. The number of hydrogen-bond donors (Lipinski definition) is 2. The lowest BCUT2D eigenvalue weighted by molar-refractivity contribution is -0.114. The summed E-state index contributed by atoms with van der Waals surface area (Å²) in [5, 5.41) is 9.11. The molecule has 106 valence electrons. The Balaban J connectivity index is 2.09. The van der Waals surface area contributed by atoms with Gasteiger partial charge >= 0.3 is 0 Å². The first-order valence-electron chi connectivity index (χ1n) is 6.68. The second kappa shape index (κ2) is 6.52. The number of carbonyl (C=O) groups is 1. The van der Waals surface area contributed by atoms with E-state index < -0.39 is 0 Å². The lowest BCUT2D eigenvalue weighted by Gasteiger charge is -2.08. The first-order valence-corrected chi connectivity index (χ1v) is 7.56. The van der Waals surface area contributed by atoms with E-state index in [1.807, 2.05) is 29.6 Å². The van der Waals surface area contributed by atoms with Crippen molar-refractivity contribution < 1.29 is 4.79 Å². The molecule has 0 radical (unpaired) electrons. The largest absolute Gasteiger partial charge is 0.359 e. The quantitative estimate of drug-likeness (QED) is 0.875. The maximum absolute atomic E-state index is 11.0. The molecule has 2 rings (SSSR count). The van der Waals surface area contributed by atoms with Crippen LogP contribution < -0.4 is 10.6 Å². The van der Waals surface area contributed by atoms with Crippen molar-refractivity contribution in [2.45, 2.75) is 33.2 Å². The summed E-state index contributed by atoms with van der Waals surface area (Å²) in [4.78, 5) is 15.6. The smallest absolute Gasteiger partial charge is 0.221 e. The lowest BCUT2D eigenvalue weighted by atomic mass is 10.1. The van der Waals surface area contributed by atoms with Gasteiger partial charge < -0.3 is 10.6 Å². The Labute approximate surface area is 123 Å². The van der Waals surface area contributed by atoms with E-state index in [0.717, 1.165) is 28.5 Å². The molecule has 1 unspecified atom stereocenters. The van der Waals surface area contributed by atoms with E-state index in [0.29, 0.717) is 6.04 Å². The highest BCUT2D eigenvalue weighted by atomic mass is 32.1. The summed E-state index contributed by atoms with van der Waals surface area (Å²) in [7, 11) is 0. The summed E-state index contributed by atoms with van der Waals surface area (Å²) in [6.45, 7) is 5.79. The molecule has 0 bridgehead atoms. The van der Waals surface area contributed by atoms with E-state index in [4.69, 9.17) is 0 Å². The second-order valence-corrected chi connectivity index (χ2v) is 5.61. The molecule has 2 N–H and O–H groups in total. The summed E-state index contributed by atoms with van der Waals surface area (Å²) in [6, 6.07) is 8.13. The van der Waals surface area contributed by atoms with Crippen LogP contribution in [0.3, 0.4) is 0 Å². The van der Waals surface area contributed by atoms with Crippen molar-refractivity contribution in [1.29, 1.82) is 0 Å². The standard InChI is InChI=1S/C15H19N3OS/c1-4-10(2)16-15-18-14(9-20-15)12-5-7-13(8-6-12)17-11(3)19/h5-10H,4H2,1-3H3,(H,16,18)(H,17,19). The molecule has 0 aliphatic rings. The summed E-state index contributed by atoms with van der Waals surface area (Å²) >= 11 is 1.61. The maximum atomic E-state index is 11.0. The van der Waals surface area contributed by atoms with Crippen molar-refractivity contribution in [2.24, 2.45) is 0 Å². The zero-order valence-corrected chi connectivity index (χ0v) is 12.8. The summed E-state index contributed by atoms with van der Waals surface area (Å²) in [6.07, 6.45) is 1.07. The van der Waals surface area contributed by atoms with Crippen molar-refractivity contribution in [3.63, 3.8) is 0 Å². The minimum atomic E-state index is -0.0635. The lowest BCUT2D eigenvalue weighted by Crippen LogP contribution is -2.12. The van der Waals surface area contributed by atoms with Gasteiger partial charge in [-0.2, -0.15) is 0 Å². The number of benzene rings is 1. The van der Waals surface area contributed by atoms with Gasteiger partial charge in [0.2, 0.25) is 5.91 Å². The minimum Gasteiger partial charge on any atom is -0.359 e. The first-order chi connectivity index (χ1) is 9.58. The van der Waals surface area contributed by atoms with Crippen molar-refractivity contribution in [1.82, 2.24) is 4.98 Å². The molecule has 4 nitrogen and oxygen atoms in total. The normalized spacial score (nSPS) is 11.9. The minimum absolute atomic E-state index is 0.0635. The number of thiazole rings is 1. The SMILES string of the molecule is CCC(C)Nc1nc(-c2ccc(NC(C)=O)cc2)cs1. The van der Waals surface area contributed by atoms with Crippen LogP contribution in [0, 0.1) is 0 Å². The number of nitrogens with one attached hydrogen (secondary N) is 2. The Bertz CT molecular complexity index is 577. The van der Waals surface area contributed by atoms with E-state index in [1.165, 1.54) is 6.92 Å². The molecule has 1 amide bonds. The number of amides is 1. The predicted molar refractivity (Wildman–Crippen MR) is 85.2 cm³/mol. The zero-order chi connectivity index (χ0) is 14.5. The number of hydrogen-bond acceptors (Lipinski definition) is 4. The van der Waals surface area contributed by atoms with E-state index in [-0.39, 0.29) is 5.91 Å². The van der Waals surface area contributed by atoms with Gasteiger partial charge in [0.1, 0.15) is 0 Å². The van der Waals surface area contributed by atoms with Crippen LogP contribution >= 0.6 is 11.3 Å². The highest BCUT2D eigenvalue weighted by Gasteiger charge is 2.06. The third-order valence-corrected chi connectivity index (χ3v) is 3.76. The molecule has 20 heavy (non-hydrogen) atoms. The Morgan fingerprint density at radius 2 is 2.05 bits per heavy atom. The number of anilines is 2. The van der Waals surface area contributed by atoms with Crippen LogP contribution in [0.25, 0.3) is 11.3 Å². The third-order valence-electron chi connectivity index (χ3n) is 2.99. The Morgan fingerprint density at radius 3 is 2.65 bits per heavy atom. The molecule has 1 aromatic carbocycles. The van der Waals surface area contributed by atoms with Crippen LogP contribution in [0.2, 0.25) is 0 Å². The predicted octanol–water partition coefficient (Wildman–Crippen LogP) is 3.98. The number of aromatic nitrogens is 1. The van der Waals surface area contributed by atoms with Crippen LogP contribution in [0.15, 0.2) is 29.6 Å². The van der Waals surface area contributed by atoms with Crippen molar-refractivity contribution in [2.75, 3.05) is 10.6 Å². The fourth-order valence-electron chi connectivity index (χ4n) is 1.71. The molecular formula is C15H19N3OS. The van der Waals surface area contributed by atoms with Gasteiger partial charge in [0, 0.05) is 29.6 Å². The zero-order valence-electron chi connectivity index (χ0n) is 11.9. The molecule has 0 aliphatic carbocycles. The van der Waals surface area contributed by atoms with Crippen molar-refractivity contribution >= 4 is 28.1 Å². The highest BCUT2D eigenvalue weighted by Crippen LogP contribution is 2.26. The average Bonchev–Trinajstić information content (AvgIpc) is 2.87. The van der Waals surface area contributed by atoms with Gasteiger partial charge in [-0.05, 0) is 25.5 Å². The van der Waals surface area contributed by atoms with E-state index in [2.05, 4.69) is 29.5 Å². The van der Waals surface area contributed by atoms with Gasteiger partial charge in [0.15, 0.2) is 5.13 Å². The van der Waals surface area contributed by atoms with Crippen LogP contribution in [0.4, 0.5) is 10.8 Å². The Kier molecular flexibility index (Phi) is 4.74. The second-order valence-electron chi connectivity index (χ2n) is 4.75. The molecule has 1 atom stereocenters. The maximum Gasteiger partial charge on any atom is 0.221 e. The molecule has 0 fully saturated rings. The van der Waals surface area contributed by atoms with Crippen LogP contribution in [-0.2, 0) is 4.79 Å². The number of carbonyl (C=O) groups excluding carboxylic acids is 1. The molecule has 5 heteroatoms. The van der Waals surface area contributed by atoms with Gasteiger partial charge in [-0.25, -0.2) is 4.98 Å². The Hall–Kier alpha value is -1.88. The molecular weight excluding hydrogens is 270 g/mol. The fraction of sp³-hybridized carbons (Fsp3) is 0.333. The van der Waals surface area contributed by atoms with Gasteiger partial charge in [-0.3, -0.25) is 4.79 Å². The Morgan fingerprint density at radius 1 is 1.35 bits per heavy atom. The summed E-state index contributed by atoms with van der Waals surface area (Å²) in [5.74, 6) is -0.0635. The fourth-order valence-corrected chi connectivity index (χ4v) is 2.55. The number of nitrogens with zero attached hydrogens (tertiary/aromatic N) is 1. The van der Waals surface area contributed by atoms with E-state index >= 15 is 0 Å². The van der Waals surface area contributed by atoms with E-state index in [1.54, 1.807) is 11.3 Å².